The smallest absolute Gasteiger partial charge is 0.177 e. The molecule has 0 fully saturated rings. The van der Waals surface area contributed by atoms with E-state index in [1.54, 1.807) is 12.1 Å². The van der Waals surface area contributed by atoms with E-state index in [0.717, 1.165) is 5.56 Å². The largest absolute Gasteiger partial charge is 0.484 e. The summed E-state index contributed by atoms with van der Waals surface area (Å²) in [6, 6.07) is 5.39. The Morgan fingerprint density at radius 3 is 3.00 bits per heavy atom. The van der Waals surface area contributed by atoms with Crippen LogP contribution in [0.5, 0.6) is 5.75 Å². The van der Waals surface area contributed by atoms with Crippen molar-refractivity contribution in [2.45, 2.75) is 6.92 Å². The van der Waals surface area contributed by atoms with Crippen LogP contribution in [0.15, 0.2) is 23.4 Å². The second-order valence-corrected chi connectivity index (χ2v) is 3.22. The maximum Gasteiger partial charge on any atom is 0.177 e. The highest BCUT2D eigenvalue weighted by molar-refractivity contribution is 6.32. The van der Waals surface area contributed by atoms with Gasteiger partial charge in [0.15, 0.2) is 5.84 Å². The van der Waals surface area contributed by atoms with Gasteiger partial charge >= 0.3 is 0 Å². The molecule has 0 aliphatic carbocycles. The Hall–Kier alpha value is -1.42. The second-order valence-electron chi connectivity index (χ2n) is 2.81. The molecule has 0 aliphatic heterocycles. The maximum absolute atomic E-state index is 8.29. The summed E-state index contributed by atoms with van der Waals surface area (Å²) >= 11 is 5.85. The van der Waals surface area contributed by atoms with Crippen LogP contribution >= 0.6 is 11.6 Å². The van der Waals surface area contributed by atoms with Gasteiger partial charge in [-0.1, -0.05) is 22.8 Å². The normalized spacial score (nSPS) is 11.4. The summed E-state index contributed by atoms with van der Waals surface area (Å²) in [5.41, 5.74) is 6.27. The molecular weight excluding hydrogens is 204 g/mol. The molecule has 0 saturated carbocycles. The number of amidine groups is 1. The predicted octanol–water partition coefficient (Wildman–Crippen LogP) is 1.77. The van der Waals surface area contributed by atoms with Crippen molar-refractivity contribution in [2.24, 2.45) is 10.9 Å². The van der Waals surface area contributed by atoms with Crippen LogP contribution in [0.25, 0.3) is 0 Å². The fraction of sp³-hybridized carbons (Fsp3) is 0.222. The molecule has 4 nitrogen and oxygen atoms in total. The molecular formula is C9H11ClN2O2. The van der Waals surface area contributed by atoms with E-state index >= 15 is 0 Å². The van der Waals surface area contributed by atoms with E-state index in [4.69, 9.17) is 27.3 Å². The molecule has 0 radical (unpaired) electrons. The lowest BCUT2D eigenvalue weighted by Crippen LogP contribution is -2.20. The number of rotatable bonds is 3. The summed E-state index contributed by atoms with van der Waals surface area (Å²) in [6.07, 6.45) is 0. The van der Waals surface area contributed by atoms with Crippen LogP contribution in [0.3, 0.4) is 0 Å². The zero-order valence-corrected chi connectivity index (χ0v) is 8.45. The van der Waals surface area contributed by atoms with E-state index < -0.39 is 0 Å². The van der Waals surface area contributed by atoms with Crippen LogP contribution in [-0.4, -0.2) is 17.6 Å². The molecule has 5 heteroatoms. The van der Waals surface area contributed by atoms with Gasteiger partial charge in [-0.3, -0.25) is 0 Å². The third kappa shape index (κ3) is 2.81. The third-order valence-corrected chi connectivity index (χ3v) is 1.90. The van der Waals surface area contributed by atoms with Crippen molar-refractivity contribution in [3.05, 3.63) is 28.8 Å². The van der Waals surface area contributed by atoms with E-state index in [9.17, 15) is 0 Å². The zero-order chi connectivity index (χ0) is 10.6. The Balaban J connectivity index is 2.71. The number of nitrogens with two attached hydrogens (primary N) is 1. The van der Waals surface area contributed by atoms with E-state index in [-0.39, 0.29) is 12.4 Å². The standard InChI is InChI=1S/C9H11ClN2O2/c1-6-2-3-7(10)8(4-6)14-5-9(11)12-13/h2-4,13H,5H2,1H3,(H2,11,12). The van der Waals surface area contributed by atoms with Crippen molar-refractivity contribution in [2.75, 3.05) is 6.61 Å². The summed E-state index contributed by atoms with van der Waals surface area (Å²) in [6.45, 7) is 1.94. The van der Waals surface area contributed by atoms with Crippen molar-refractivity contribution in [3.8, 4) is 5.75 Å². The first-order valence-electron chi connectivity index (χ1n) is 3.99. The molecule has 0 spiro atoms. The molecule has 0 aliphatic rings. The summed E-state index contributed by atoms with van der Waals surface area (Å²) < 4.78 is 5.22. The molecule has 0 bridgehead atoms. The predicted molar refractivity (Wildman–Crippen MR) is 55.1 cm³/mol. The topological polar surface area (TPSA) is 67.8 Å². The number of nitrogens with zero attached hydrogens (tertiary/aromatic N) is 1. The van der Waals surface area contributed by atoms with Crippen LogP contribution < -0.4 is 10.5 Å². The molecule has 76 valence electrons. The van der Waals surface area contributed by atoms with E-state index in [0.29, 0.717) is 10.8 Å². The van der Waals surface area contributed by atoms with Crippen molar-refractivity contribution in [1.29, 1.82) is 0 Å². The first kappa shape index (κ1) is 10.7. The quantitative estimate of drug-likeness (QED) is 0.349. The van der Waals surface area contributed by atoms with Gasteiger partial charge in [0.1, 0.15) is 12.4 Å². The second kappa shape index (κ2) is 4.72. The Labute approximate surface area is 86.9 Å². The van der Waals surface area contributed by atoms with Crippen molar-refractivity contribution >= 4 is 17.4 Å². The Morgan fingerprint density at radius 1 is 1.64 bits per heavy atom. The lowest BCUT2D eigenvalue weighted by molar-refractivity contribution is 0.306. The minimum atomic E-state index is 0.00238. The van der Waals surface area contributed by atoms with Gasteiger partial charge in [-0.05, 0) is 24.6 Å². The average Bonchev–Trinajstić information content (AvgIpc) is 2.19. The fourth-order valence-corrected chi connectivity index (χ4v) is 1.07. The summed E-state index contributed by atoms with van der Waals surface area (Å²) in [4.78, 5) is 0. The lowest BCUT2D eigenvalue weighted by Gasteiger charge is -2.07. The number of aryl methyl sites for hydroxylation is 1. The van der Waals surface area contributed by atoms with Gasteiger partial charge in [0.2, 0.25) is 0 Å². The highest BCUT2D eigenvalue weighted by Crippen LogP contribution is 2.24. The molecule has 0 aromatic heterocycles. The van der Waals surface area contributed by atoms with Gasteiger partial charge in [-0.25, -0.2) is 0 Å². The molecule has 0 unspecified atom stereocenters. The van der Waals surface area contributed by atoms with Crippen LogP contribution in [0.2, 0.25) is 5.02 Å². The molecule has 1 rings (SSSR count). The Kier molecular flexibility index (Phi) is 3.59. The van der Waals surface area contributed by atoms with Gasteiger partial charge < -0.3 is 15.7 Å². The maximum atomic E-state index is 8.29. The fourth-order valence-electron chi connectivity index (χ4n) is 0.902. The lowest BCUT2D eigenvalue weighted by atomic mass is 10.2. The average molecular weight is 215 g/mol. The molecule has 0 amide bonds. The first-order chi connectivity index (χ1) is 6.63. The number of ether oxygens (including phenoxy) is 1. The third-order valence-electron chi connectivity index (χ3n) is 1.59. The number of benzene rings is 1. The van der Waals surface area contributed by atoms with E-state index in [1.165, 1.54) is 0 Å². The number of halogens is 1. The number of hydrogen-bond acceptors (Lipinski definition) is 3. The Morgan fingerprint density at radius 2 is 2.36 bits per heavy atom. The zero-order valence-electron chi connectivity index (χ0n) is 7.70. The van der Waals surface area contributed by atoms with E-state index in [2.05, 4.69) is 5.16 Å². The van der Waals surface area contributed by atoms with Gasteiger partial charge in [-0.15, -0.1) is 0 Å². The van der Waals surface area contributed by atoms with Crippen LogP contribution in [-0.2, 0) is 0 Å². The molecule has 1 aromatic rings. The van der Waals surface area contributed by atoms with Gasteiger partial charge in [-0.2, -0.15) is 0 Å². The van der Waals surface area contributed by atoms with Crippen LogP contribution in [0, 0.1) is 6.92 Å². The van der Waals surface area contributed by atoms with Crippen molar-refractivity contribution < 1.29 is 9.94 Å². The molecule has 0 heterocycles. The minimum absolute atomic E-state index is 0.00238. The molecule has 14 heavy (non-hydrogen) atoms. The Bertz CT molecular complexity index is 353. The van der Waals surface area contributed by atoms with E-state index in [1.807, 2.05) is 13.0 Å². The molecule has 0 saturated heterocycles. The number of oxime groups is 1. The monoisotopic (exact) mass is 214 g/mol. The van der Waals surface area contributed by atoms with Crippen molar-refractivity contribution in [1.82, 2.24) is 0 Å². The van der Waals surface area contributed by atoms with Gasteiger partial charge in [0, 0.05) is 0 Å². The number of hydrogen-bond donors (Lipinski definition) is 2. The molecule has 3 N–H and O–H groups in total. The summed E-state index contributed by atoms with van der Waals surface area (Å²) in [7, 11) is 0. The van der Waals surface area contributed by atoms with Crippen LogP contribution in [0.4, 0.5) is 0 Å². The highest BCUT2D eigenvalue weighted by Gasteiger charge is 2.02. The molecule has 1 aromatic carbocycles. The van der Waals surface area contributed by atoms with Crippen molar-refractivity contribution in [3.63, 3.8) is 0 Å². The SMILES string of the molecule is Cc1ccc(Cl)c(OC/C(N)=N/O)c1. The summed E-state index contributed by atoms with van der Waals surface area (Å²) in [5.74, 6) is 0.529. The first-order valence-corrected chi connectivity index (χ1v) is 4.36. The van der Waals surface area contributed by atoms with Crippen LogP contribution in [0.1, 0.15) is 5.56 Å². The minimum Gasteiger partial charge on any atom is -0.484 e. The van der Waals surface area contributed by atoms with Gasteiger partial charge in [0.25, 0.3) is 0 Å². The molecule has 0 atom stereocenters. The van der Waals surface area contributed by atoms with Gasteiger partial charge in [0.05, 0.1) is 5.02 Å². The summed E-state index contributed by atoms with van der Waals surface area (Å²) in [5, 5.41) is 11.6. The highest BCUT2D eigenvalue weighted by atomic mass is 35.5.